The number of furan rings is 1. The molecule has 1 aliphatic heterocycles. The molecule has 1 aromatic heterocycles. The second kappa shape index (κ2) is 4.43. The zero-order valence-corrected chi connectivity index (χ0v) is 10.6. The maximum absolute atomic E-state index is 11.1. The first kappa shape index (κ1) is 11.8. The highest BCUT2D eigenvalue weighted by Crippen LogP contribution is 2.47. The van der Waals surface area contributed by atoms with Gasteiger partial charge in [0, 0.05) is 5.92 Å². The second-order valence-electron chi connectivity index (χ2n) is 5.59. The number of carboxylic acids is 1. The average Bonchev–Trinajstić information content (AvgIpc) is 2.80. The van der Waals surface area contributed by atoms with E-state index in [4.69, 9.17) is 9.52 Å². The monoisotopic (exact) mass is 249 g/mol. The highest BCUT2D eigenvalue weighted by molar-refractivity contribution is 5.73. The van der Waals surface area contributed by atoms with E-state index in [2.05, 4.69) is 13.0 Å². The third-order valence-electron chi connectivity index (χ3n) is 4.17. The predicted octanol–water partition coefficient (Wildman–Crippen LogP) is 2.45. The fraction of sp³-hybridized carbons (Fsp3) is 0.643. The van der Waals surface area contributed by atoms with Crippen molar-refractivity contribution >= 4 is 5.97 Å². The van der Waals surface area contributed by atoms with Crippen LogP contribution in [0.15, 0.2) is 16.5 Å². The number of hydrogen-bond acceptors (Lipinski definition) is 3. The van der Waals surface area contributed by atoms with E-state index in [1.165, 1.54) is 6.42 Å². The van der Waals surface area contributed by atoms with Gasteiger partial charge in [0.05, 0.1) is 6.54 Å². The summed E-state index contributed by atoms with van der Waals surface area (Å²) in [6, 6.07) is 3.71. The lowest BCUT2D eigenvalue weighted by molar-refractivity contribution is -0.142. The molecule has 4 nitrogen and oxygen atoms in total. The van der Waals surface area contributed by atoms with Gasteiger partial charge in [-0.3, -0.25) is 9.69 Å². The lowest BCUT2D eigenvalue weighted by Crippen LogP contribution is -2.35. The van der Waals surface area contributed by atoms with Crippen molar-refractivity contribution in [2.45, 2.75) is 44.7 Å². The Labute approximate surface area is 107 Å². The quantitative estimate of drug-likeness (QED) is 0.890. The summed E-state index contributed by atoms with van der Waals surface area (Å²) < 4.78 is 5.83. The Hall–Kier alpha value is -1.29. The molecule has 1 saturated carbocycles. The third-order valence-corrected chi connectivity index (χ3v) is 4.17. The van der Waals surface area contributed by atoms with Crippen molar-refractivity contribution < 1.29 is 14.3 Å². The first-order valence-electron chi connectivity index (χ1n) is 6.70. The minimum absolute atomic E-state index is 0.335. The van der Waals surface area contributed by atoms with Gasteiger partial charge in [-0.25, -0.2) is 0 Å². The normalized spacial score (nSPS) is 31.7. The Bertz CT molecular complexity index is 454. The first-order chi connectivity index (χ1) is 8.65. The Balaban J connectivity index is 1.65. The summed E-state index contributed by atoms with van der Waals surface area (Å²) >= 11 is 0. The highest BCUT2D eigenvalue weighted by Gasteiger charge is 2.37. The Morgan fingerprint density at radius 1 is 1.56 bits per heavy atom. The van der Waals surface area contributed by atoms with Gasteiger partial charge in [-0.05, 0) is 43.9 Å². The molecule has 4 heteroatoms. The van der Waals surface area contributed by atoms with Gasteiger partial charge in [-0.1, -0.05) is 6.92 Å². The van der Waals surface area contributed by atoms with E-state index in [0.717, 1.165) is 36.8 Å². The summed E-state index contributed by atoms with van der Waals surface area (Å²) in [7, 11) is 0. The standard InChI is InChI=1S/C14H19NO3/c1-9-7-11(9)13-5-4-10(18-13)8-15-6-2-3-12(15)14(16)17/h4-5,9,11-12H,2-3,6-8H2,1H3,(H,16,17)/t9?,11?,12-/m0/s1. The minimum atomic E-state index is -0.713. The van der Waals surface area contributed by atoms with E-state index in [-0.39, 0.29) is 6.04 Å². The van der Waals surface area contributed by atoms with Crippen LogP contribution in [-0.4, -0.2) is 28.6 Å². The summed E-state index contributed by atoms with van der Waals surface area (Å²) in [6.07, 6.45) is 2.93. The molecule has 0 spiro atoms. The van der Waals surface area contributed by atoms with Crippen LogP contribution in [0, 0.1) is 5.92 Å². The van der Waals surface area contributed by atoms with Crippen LogP contribution >= 0.6 is 0 Å². The molecular weight excluding hydrogens is 230 g/mol. The van der Waals surface area contributed by atoms with Crippen LogP contribution in [-0.2, 0) is 11.3 Å². The predicted molar refractivity (Wildman–Crippen MR) is 66.3 cm³/mol. The van der Waals surface area contributed by atoms with Crippen LogP contribution in [0.3, 0.4) is 0 Å². The number of likely N-dealkylation sites (tertiary alicyclic amines) is 1. The van der Waals surface area contributed by atoms with E-state index >= 15 is 0 Å². The van der Waals surface area contributed by atoms with Gasteiger partial charge in [0.15, 0.2) is 0 Å². The maximum Gasteiger partial charge on any atom is 0.320 e. The zero-order chi connectivity index (χ0) is 12.7. The molecule has 1 aliphatic carbocycles. The van der Waals surface area contributed by atoms with Gasteiger partial charge < -0.3 is 9.52 Å². The van der Waals surface area contributed by atoms with Crippen molar-refractivity contribution in [2.24, 2.45) is 5.92 Å². The smallest absolute Gasteiger partial charge is 0.320 e. The summed E-state index contributed by atoms with van der Waals surface area (Å²) in [5.74, 6) is 2.59. The van der Waals surface area contributed by atoms with Crippen LogP contribution in [0.25, 0.3) is 0 Å². The number of rotatable bonds is 4. The summed E-state index contributed by atoms with van der Waals surface area (Å²) in [5.41, 5.74) is 0. The van der Waals surface area contributed by atoms with Gasteiger partial charge in [-0.2, -0.15) is 0 Å². The van der Waals surface area contributed by atoms with Gasteiger partial charge in [-0.15, -0.1) is 0 Å². The van der Waals surface area contributed by atoms with Crippen molar-refractivity contribution in [3.05, 3.63) is 23.7 Å². The lowest BCUT2D eigenvalue weighted by Gasteiger charge is -2.19. The van der Waals surface area contributed by atoms with Crippen molar-refractivity contribution in [1.29, 1.82) is 0 Å². The molecule has 0 aromatic carbocycles. The molecule has 2 unspecified atom stereocenters. The SMILES string of the molecule is CC1CC1c1ccc(CN2CCC[C@H]2C(=O)O)o1. The van der Waals surface area contributed by atoms with Gasteiger partial charge in [0.25, 0.3) is 0 Å². The topological polar surface area (TPSA) is 53.7 Å². The summed E-state index contributed by atoms with van der Waals surface area (Å²) in [5, 5.41) is 9.13. The Kier molecular flexibility index (Phi) is 2.90. The fourth-order valence-corrected chi connectivity index (χ4v) is 2.89. The first-order valence-corrected chi connectivity index (χ1v) is 6.70. The fourth-order valence-electron chi connectivity index (χ4n) is 2.89. The van der Waals surface area contributed by atoms with Crippen LogP contribution < -0.4 is 0 Å². The van der Waals surface area contributed by atoms with Crippen LogP contribution in [0.5, 0.6) is 0 Å². The minimum Gasteiger partial charge on any atom is -0.480 e. The summed E-state index contributed by atoms with van der Waals surface area (Å²) in [6.45, 7) is 3.71. The van der Waals surface area contributed by atoms with Crippen LogP contribution in [0.2, 0.25) is 0 Å². The Morgan fingerprint density at radius 2 is 2.33 bits per heavy atom. The molecule has 0 bridgehead atoms. The van der Waals surface area contributed by atoms with E-state index in [1.54, 1.807) is 0 Å². The van der Waals surface area contributed by atoms with Crippen LogP contribution in [0.4, 0.5) is 0 Å². The van der Waals surface area contributed by atoms with E-state index in [0.29, 0.717) is 12.5 Å². The Morgan fingerprint density at radius 3 is 3.00 bits per heavy atom. The number of hydrogen-bond donors (Lipinski definition) is 1. The van der Waals surface area contributed by atoms with Gasteiger partial charge in [0.1, 0.15) is 17.6 Å². The molecule has 3 atom stereocenters. The highest BCUT2D eigenvalue weighted by atomic mass is 16.4. The molecule has 1 aromatic rings. The maximum atomic E-state index is 11.1. The molecule has 3 rings (SSSR count). The van der Waals surface area contributed by atoms with Crippen molar-refractivity contribution in [1.82, 2.24) is 4.90 Å². The lowest BCUT2D eigenvalue weighted by atomic mass is 10.2. The number of carbonyl (C=O) groups is 1. The molecule has 1 saturated heterocycles. The van der Waals surface area contributed by atoms with Gasteiger partial charge >= 0.3 is 5.97 Å². The molecule has 18 heavy (non-hydrogen) atoms. The van der Waals surface area contributed by atoms with E-state index in [9.17, 15) is 4.79 Å². The van der Waals surface area contributed by atoms with Crippen molar-refractivity contribution in [3.63, 3.8) is 0 Å². The van der Waals surface area contributed by atoms with E-state index in [1.807, 2.05) is 11.0 Å². The van der Waals surface area contributed by atoms with Crippen LogP contribution in [0.1, 0.15) is 43.6 Å². The van der Waals surface area contributed by atoms with Gasteiger partial charge in [0.2, 0.25) is 0 Å². The van der Waals surface area contributed by atoms with Crippen molar-refractivity contribution in [2.75, 3.05) is 6.54 Å². The second-order valence-corrected chi connectivity index (χ2v) is 5.59. The van der Waals surface area contributed by atoms with Crippen molar-refractivity contribution in [3.8, 4) is 0 Å². The molecule has 0 amide bonds. The third kappa shape index (κ3) is 2.17. The zero-order valence-electron chi connectivity index (χ0n) is 10.6. The number of aliphatic carboxylic acids is 1. The molecule has 2 fully saturated rings. The molecule has 98 valence electrons. The molecule has 2 aliphatic rings. The summed E-state index contributed by atoms with van der Waals surface area (Å²) in [4.78, 5) is 13.1. The van der Waals surface area contributed by atoms with E-state index < -0.39 is 5.97 Å². The number of nitrogens with zero attached hydrogens (tertiary/aromatic N) is 1. The number of carboxylic acid groups (broad SMARTS) is 1. The average molecular weight is 249 g/mol. The largest absolute Gasteiger partial charge is 0.480 e. The molecular formula is C14H19NO3. The molecule has 2 heterocycles. The molecule has 1 N–H and O–H groups in total. The molecule has 0 radical (unpaired) electrons.